The number of pyridine rings is 1. The molecule has 6 nitrogen and oxygen atoms in total. The van der Waals surface area contributed by atoms with Crippen molar-refractivity contribution in [3.05, 3.63) is 32.5 Å². The van der Waals surface area contributed by atoms with Gasteiger partial charge in [0.2, 0.25) is 5.88 Å². The summed E-state index contributed by atoms with van der Waals surface area (Å²) in [6.07, 6.45) is 0.663. The summed E-state index contributed by atoms with van der Waals surface area (Å²) in [6, 6.07) is 1.71. The first-order chi connectivity index (χ1) is 8.08. The Balaban J connectivity index is 3.00. The maximum absolute atomic E-state index is 12.0. The average molecular weight is 235 g/mol. The van der Waals surface area contributed by atoms with Crippen LogP contribution in [0.15, 0.2) is 15.7 Å². The number of aromatic amines is 1. The van der Waals surface area contributed by atoms with Crippen molar-refractivity contribution in [3.8, 4) is 5.88 Å². The lowest BCUT2D eigenvalue weighted by Gasteiger charge is -2.07. The molecule has 0 saturated carbocycles. The number of hydrogen-bond acceptors (Lipinski definition) is 4. The summed E-state index contributed by atoms with van der Waals surface area (Å²) >= 11 is 0. The molecule has 0 aliphatic rings. The van der Waals surface area contributed by atoms with Crippen molar-refractivity contribution in [2.45, 2.75) is 13.3 Å². The first-order valence-corrected chi connectivity index (χ1v) is 5.25. The van der Waals surface area contributed by atoms with Gasteiger partial charge in [-0.2, -0.15) is 4.98 Å². The highest BCUT2D eigenvalue weighted by molar-refractivity contribution is 5.78. The van der Waals surface area contributed by atoms with E-state index in [1.165, 1.54) is 14.2 Å². The van der Waals surface area contributed by atoms with E-state index in [4.69, 9.17) is 4.74 Å². The molecule has 2 aromatic rings. The molecule has 0 radical (unpaired) electrons. The Labute approximate surface area is 96.9 Å². The molecule has 0 amide bonds. The lowest BCUT2D eigenvalue weighted by molar-refractivity contribution is 0.398. The number of fused-ring (bicyclic) bond motifs is 1. The van der Waals surface area contributed by atoms with Crippen LogP contribution in [-0.2, 0) is 13.5 Å². The zero-order chi connectivity index (χ0) is 12.6. The van der Waals surface area contributed by atoms with Gasteiger partial charge in [-0.15, -0.1) is 0 Å². The zero-order valence-corrected chi connectivity index (χ0v) is 9.90. The maximum atomic E-state index is 12.0. The van der Waals surface area contributed by atoms with Gasteiger partial charge in [-0.1, -0.05) is 6.92 Å². The monoisotopic (exact) mass is 235 g/mol. The summed E-state index contributed by atoms with van der Waals surface area (Å²) in [7, 11) is 2.93. The fourth-order valence-electron chi connectivity index (χ4n) is 1.73. The second kappa shape index (κ2) is 4.04. The molecule has 0 bridgehead atoms. The number of H-pyrrole nitrogens is 1. The number of hydrogen-bond donors (Lipinski definition) is 1. The molecule has 2 aromatic heterocycles. The van der Waals surface area contributed by atoms with Crippen molar-refractivity contribution in [1.82, 2.24) is 14.5 Å². The van der Waals surface area contributed by atoms with Crippen molar-refractivity contribution < 1.29 is 4.74 Å². The topological polar surface area (TPSA) is 77.0 Å². The average Bonchev–Trinajstić information content (AvgIpc) is 2.34. The van der Waals surface area contributed by atoms with Crippen LogP contribution in [0.3, 0.4) is 0 Å². The Morgan fingerprint density at radius 1 is 1.47 bits per heavy atom. The van der Waals surface area contributed by atoms with Crippen LogP contribution in [-0.4, -0.2) is 21.6 Å². The third-order valence-corrected chi connectivity index (χ3v) is 2.72. The van der Waals surface area contributed by atoms with Gasteiger partial charge < -0.3 is 4.74 Å². The summed E-state index contributed by atoms with van der Waals surface area (Å²) in [5, 5.41) is 0.440. The molecule has 0 saturated heterocycles. The van der Waals surface area contributed by atoms with Crippen LogP contribution in [0, 0.1) is 0 Å². The second-order valence-corrected chi connectivity index (χ2v) is 3.70. The summed E-state index contributed by atoms with van der Waals surface area (Å²) < 4.78 is 6.07. The third kappa shape index (κ3) is 1.71. The van der Waals surface area contributed by atoms with E-state index in [1.54, 1.807) is 6.07 Å². The Hall–Kier alpha value is -2.11. The minimum absolute atomic E-state index is 0.273. The maximum Gasteiger partial charge on any atom is 0.329 e. The van der Waals surface area contributed by atoms with E-state index in [-0.39, 0.29) is 11.2 Å². The minimum atomic E-state index is -0.481. The molecule has 2 rings (SSSR count). The van der Waals surface area contributed by atoms with Gasteiger partial charge in [-0.25, -0.2) is 4.79 Å². The summed E-state index contributed by atoms with van der Waals surface area (Å²) in [4.78, 5) is 30.1. The fourth-order valence-corrected chi connectivity index (χ4v) is 1.73. The highest BCUT2D eigenvalue weighted by Crippen LogP contribution is 2.17. The van der Waals surface area contributed by atoms with Crippen LogP contribution in [0.25, 0.3) is 11.0 Å². The SMILES string of the molecule is CCc1cc(OC)nc2[nH]c(=O)n(C)c(=O)c12. The Morgan fingerprint density at radius 2 is 2.18 bits per heavy atom. The van der Waals surface area contributed by atoms with Gasteiger partial charge in [0.05, 0.1) is 12.5 Å². The fraction of sp³-hybridized carbons (Fsp3) is 0.364. The lowest BCUT2D eigenvalue weighted by Crippen LogP contribution is -2.33. The molecule has 0 aliphatic heterocycles. The molecule has 0 aromatic carbocycles. The highest BCUT2D eigenvalue weighted by atomic mass is 16.5. The van der Waals surface area contributed by atoms with Crippen molar-refractivity contribution >= 4 is 11.0 Å². The van der Waals surface area contributed by atoms with Crippen LogP contribution in [0.4, 0.5) is 0 Å². The van der Waals surface area contributed by atoms with E-state index >= 15 is 0 Å². The van der Waals surface area contributed by atoms with E-state index in [9.17, 15) is 9.59 Å². The third-order valence-electron chi connectivity index (χ3n) is 2.72. The second-order valence-electron chi connectivity index (χ2n) is 3.70. The number of nitrogens with zero attached hydrogens (tertiary/aromatic N) is 2. The summed E-state index contributed by atoms with van der Waals surface area (Å²) in [6.45, 7) is 1.93. The van der Waals surface area contributed by atoms with Crippen molar-refractivity contribution in [1.29, 1.82) is 0 Å². The molecule has 0 spiro atoms. The number of methoxy groups -OCH3 is 1. The molecule has 0 aliphatic carbocycles. The number of aryl methyl sites for hydroxylation is 1. The zero-order valence-electron chi connectivity index (χ0n) is 9.90. The smallest absolute Gasteiger partial charge is 0.329 e. The van der Waals surface area contributed by atoms with Gasteiger partial charge >= 0.3 is 5.69 Å². The van der Waals surface area contributed by atoms with Crippen molar-refractivity contribution in [2.24, 2.45) is 7.05 Å². The molecule has 17 heavy (non-hydrogen) atoms. The van der Waals surface area contributed by atoms with E-state index < -0.39 is 5.69 Å². The van der Waals surface area contributed by atoms with Gasteiger partial charge in [0.1, 0.15) is 0 Å². The molecule has 0 atom stereocenters. The van der Waals surface area contributed by atoms with E-state index in [2.05, 4.69) is 9.97 Å². The lowest BCUT2D eigenvalue weighted by atomic mass is 10.1. The van der Waals surface area contributed by atoms with E-state index in [1.807, 2.05) is 6.92 Å². The summed E-state index contributed by atoms with van der Waals surface area (Å²) in [5.41, 5.74) is 0.263. The minimum Gasteiger partial charge on any atom is -0.481 e. The predicted molar refractivity (Wildman–Crippen MR) is 63.5 cm³/mol. The van der Waals surface area contributed by atoms with Crippen LogP contribution in [0.5, 0.6) is 5.88 Å². The number of aromatic nitrogens is 3. The number of rotatable bonds is 2. The Bertz CT molecular complexity index is 685. The molecule has 2 heterocycles. The van der Waals surface area contributed by atoms with Gasteiger partial charge in [-0.3, -0.25) is 14.3 Å². The van der Waals surface area contributed by atoms with Gasteiger partial charge in [0.15, 0.2) is 5.65 Å². The largest absolute Gasteiger partial charge is 0.481 e. The van der Waals surface area contributed by atoms with E-state index in [0.717, 1.165) is 10.1 Å². The predicted octanol–water partition coefficient (Wildman–Crippen LogP) is 0.193. The van der Waals surface area contributed by atoms with Gasteiger partial charge in [0.25, 0.3) is 5.56 Å². The molecule has 0 fully saturated rings. The Kier molecular flexibility index (Phi) is 2.71. The van der Waals surface area contributed by atoms with Crippen molar-refractivity contribution in [3.63, 3.8) is 0 Å². The van der Waals surface area contributed by atoms with Crippen LogP contribution in [0.1, 0.15) is 12.5 Å². The summed E-state index contributed by atoms with van der Waals surface area (Å²) in [5.74, 6) is 0.387. The highest BCUT2D eigenvalue weighted by Gasteiger charge is 2.11. The van der Waals surface area contributed by atoms with Crippen LogP contribution >= 0.6 is 0 Å². The van der Waals surface area contributed by atoms with E-state index in [0.29, 0.717) is 17.7 Å². The van der Waals surface area contributed by atoms with Crippen LogP contribution < -0.4 is 16.0 Å². The number of nitrogens with one attached hydrogen (secondary N) is 1. The molecule has 6 heteroatoms. The standard InChI is InChI=1S/C11H13N3O3/c1-4-6-5-7(17-3)12-9-8(6)10(15)14(2)11(16)13-9/h5H,4H2,1-3H3,(H,12,13,16). The van der Waals surface area contributed by atoms with Crippen LogP contribution in [0.2, 0.25) is 0 Å². The molecular formula is C11H13N3O3. The Morgan fingerprint density at radius 3 is 2.76 bits per heavy atom. The van der Waals surface area contributed by atoms with Gasteiger partial charge in [0, 0.05) is 13.1 Å². The first-order valence-electron chi connectivity index (χ1n) is 5.25. The van der Waals surface area contributed by atoms with Crippen molar-refractivity contribution in [2.75, 3.05) is 7.11 Å². The molecular weight excluding hydrogens is 222 g/mol. The van der Waals surface area contributed by atoms with Gasteiger partial charge in [-0.05, 0) is 12.0 Å². The molecule has 1 N–H and O–H groups in total. The molecule has 90 valence electrons. The number of ether oxygens (including phenoxy) is 1. The molecule has 0 unspecified atom stereocenters. The normalized spacial score (nSPS) is 10.8. The quantitative estimate of drug-likeness (QED) is 0.806. The first kappa shape index (κ1) is 11.4.